The third-order valence-electron chi connectivity index (χ3n) is 6.15. The van der Waals surface area contributed by atoms with Crippen LogP contribution in [0.1, 0.15) is 12.8 Å². The highest BCUT2D eigenvalue weighted by atomic mass is 32.2. The van der Waals surface area contributed by atoms with Gasteiger partial charge in [-0.2, -0.15) is 4.39 Å². The molecule has 5 rings (SSSR count). The van der Waals surface area contributed by atoms with Gasteiger partial charge in [0.1, 0.15) is 5.03 Å². The zero-order valence-electron chi connectivity index (χ0n) is 20.4. The highest BCUT2D eigenvalue weighted by Crippen LogP contribution is 2.27. The van der Waals surface area contributed by atoms with Crippen molar-refractivity contribution in [3.05, 3.63) is 90.6 Å². The maximum atomic E-state index is 12.8. The molecule has 0 unspecified atom stereocenters. The molecule has 3 N–H and O–H groups in total. The Hall–Kier alpha value is -3.69. The van der Waals surface area contributed by atoms with E-state index in [-0.39, 0.29) is 17.6 Å². The molecule has 1 fully saturated rings. The predicted octanol–water partition coefficient (Wildman–Crippen LogP) is 6.03. The average Bonchev–Trinajstić information content (AvgIpc) is 2.95. The number of nitrogens with zero attached hydrogens (tertiary/aromatic N) is 2. The predicted molar refractivity (Wildman–Crippen MR) is 145 cm³/mol. The molecule has 3 aromatic carbocycles. The summed E-state index contributed by atoms with van der Waals surface area (Å²) in [6.45, 7) is 1.71. The highest BCUT2D eigenvalue weighted by Gasteiger charge is 2.26. The number of amides is 1. The quantitative estimate of drug-likeness (QED) is 0.312. The van der Waals surface area contributed by atoms with Crippen molar-refractivity contribution in [2.75, 3.05) is 30.4 Å². The number of rotatable bonds is 5. The Morgan fingerprint density at radius 3 is 2.65 bits per heavy atom. The van der Waals surface area contributed by atoms with Crippen LogP contribution in [0.2, 0.25) is 0 Å². The van der Waals surface area contributed by atoms with Crippen LogP contribution in [-0.2, 0) is 4.79 Å². The minimum Gasteiger partial charge on any atom is -0.494 e. The number of benzene rings is 3. The van der Waals surface area contributed by atoms with Gasteiger partial charge in [0.25, 0.3) is 0 Å². The number of nitrogens with two attached hydrogens (primary N) is 1. The van der Waals surface area contributed by atoms with Gasteiger partial charge in [-0.1, -0.05) is 36.4 Å². The molecule has 1 saturated heterocycles. The second-order valence-corrected chi connectivity index (χ2v) is 9.22. The van der Waals surface area contributed by atoms with Crippen molar-refractivity contribution in [3.63, 3.8) is 0 Å². The summed E-state index contributed by atoms with van der Waals surface area (Å²) in [6, 6.07) is 22.2. The summed E-state index contributed by atoms with van der Waals surface area (Å²) >= 11 is 1.07. The van der Waals surface area contributed by atoms with E-state index in [9.17, 15) is 13.6 Å². The number of hydrogen-bond donors (Lipinski definition) is 2. The lowest BCUT2D eigenvalue weighted by molar-refractivity contribution is -0.120. The number of carbonyl (C=O) groups excluding carboxylic acids is 1. The molecule has 1 aliphatic rings. The fourth-order valence-corrected chi connectivity index (χ4v) is 4.55. The molecule has 37 heavy (non-hydrogen) atoms. The number of ether oxygens (including phenoxy) is 1. The van der Waals surface area contributed by atoms with Crippen molar-refractivity contribution in [1.82, 2.24) is 4.98 Å². The Bertz CT molecular complexity index is 1370. The summed E-state index contributed by atoms with van der Waals surface area (Å²) in [6.07, 6.45) is 3.57. The standard InChI is InChI=1S/C21H22N4OS.C7H6F2O/c22-27-20-13-18(9-10-23-20)24-21(26)17-6-3-11-25(14-17)19-8-7-15-4-1-2-5-16(15)12-19;1-10-6-4-2-3-5(8)7(6)9/h1-2,4-5,7-10,12-13,17H,3,6,11,14,22H2,(H,23,24,26);2-4H,1H3/t17-;/m0./s1. The summed E-state index contributed by atoms with van der Waals surface area (Å²) in [5, 5.41) is 11.7. The monoisotopic (exact) mass is 522 g/mol. The number of methoxy groups -OCH3 is 1. The Morgan fingerprint density at radius 1 is 1.08 bits per heavy atom. The minimum absolute atomic E-state index is 0.0348. The second kappa shape index (κ2) is 12.5. The van der Waals surface area contributed by atoms with Gasteiger partial charge in [-0.05, 0) is 72.0 Å². The second-order valence-electron chi connectivity index (χ2n) is 8.56. The number of aromatic nitrogens is 1. The van der Waals surface area contributed by atoms with Gasteiger partial charge in [0.2, 0.25) is 11.7 Å². The summed E-state index contributed by atoms with van der Waals surface area (Å²) < 4.78 is 29.3. The van der Waals surface area contributed by atoms with Crippen molar-refractivity contribution in [2.45, 2.75) is 17.9 Å². The van der Waals surface area contributed by atoms with E-state index in [1.807, 2.05) is 0 Å². The van der Waals surface area contributed by atoms with Crippen LogP contribution in [-0.4, -0.2) is 31.1 Å². The summed E-state index contributed by atoms with van der Waals surface area (Å²) in [4.78, 5) is 19.2. The number of pyridine rings is 1. The first kappa shape index (κ1) is 26.4. The van der Waals surface area contributed by atoms with Gasteiger partial charge in [0.05, 0.1) is 13.0 Å². The SMILES string of the molecule is COc1cccc(F)c1F.NSc1cc(NC(=O)[C@H]2CCCN(c3ccc4ccccc4c3)C2)ccn1. The molecule has 192 valence electrons. The number of hydrogen-bond acceptors (Lipinski definition) is 6. The fraction of sp³-hybridized carbons (Fsp3) is 0.214. The first-order valence-corrected chi connectivity index (χ1v) is 12.7. The van der Waals surface area contributed by atoms with Crippen LogP contribution in [0.4, 0.5) is 20.2 Å². The maximum absolute atomic E-state index is 12.8. The van der Waals surface area contributed by atoms with Gasteiger partial charge >= 0.3 is 0 Å². The lowest BCUT2D eigenvalue weighted by atomic mass is 9.96. The lowest BCUT2D eigenvalue weighted by Crippen LogP contribution is -2.40. The van der Waals surface area contributed by atoms with E-state index in [2.05, 4.69) is 62.4 Å². The van der Waals surface area contributed by atoms with Crippen LogP contribution in [0.3, 0.4) is 0 Å². The third-order valence-corrected chi connectivity index (χ3v) is 6.61. The van der Waals surface area contributed by atoms with E-state index in [4.69, 9.17) is 5.14 Å². The Morgan fingerprint density at radius 2 is 1.89 bits per heavy atom. The fourth-order valence-electron chi connectivity index (χ4n) is 4.24. The number of anilines is 2. The maximum Gasteiger partial charge on any atom is 0.229 e. The van der Waals surface area contributed by atoms with E-state index < -0.39 is 11.6 Å². The Labute approximate surface area is 219 Å². The number of carbonyl (C=O) groups is 1. The van der Waals surface area contributed by atoms with Crippen molar-refractivity contribution in [2.24, 2.45) is 11.1 Å². The van der Waals surface area contributed by atoms with E-state index in [1.54, 1.807) is 18.3 Å². The molecule has 2 heterocycles. The summed E-state index contributed by atoms with van der Waals surface area (Å²) in [5.41, 5.74) is 1.92. The van der Waals surface area contributed by atoms with Crippen LogP contribution in [0.25, 0.3) is 10.8 Å². The smallest absolute Gasteiger partial charge is 0.229 e. The van der Waals surface area contributed by atoms with E-state index in [1.165, 1.54) is 35.7 Å². The molecule has 0 aliphatic carbocycles. The molecule has 0 radical (unpaired) electrons. The van der Waals surface area contributed by atoms with Crippen LogP contribution in [0.15, 0.2) is 84.0 Å². The van der Waals surface area contributed by atoms with Crippen LogP contribution < -0.4 is 20.1 Å². The molecule has 0 bridgehead atoms. The summed E-state index contributed by atoms with van der Waals surface area (Å²) in [5.74, 6) is -1.88. The van der Waals surface area contributed by atoms with Crippen LogP contribution >= 0.6 is 11.9 Å². The van der Waals surface area contributed by atoms with Crippen molar-refractivity contribution in [3.8, 4) is 5.75 Å². The molecule has 0 spiro atoms. The Balaban J connectivity index is 0.000000270. The molecule has 1 aromatic heterocycles. The average molecular weight is 523 g/mol. The molecule has 1 aliphatic heterocycles. The Kier molecular flexibility index (Phi) is 8.92. The van der Waals surface area contributed by atoms with Crippen LogP contribution in [0.5, 0.6) is 5.75 Å². The lowest BCUT2D eigenvalue weighted by Gasteiger charge is -2.34. The van der Waals surface area contributed by atoms with Gasteiger partial charge in [0, 0.05) is 30.7 Å². The highest BCUT2D eigenvalue weighted by molar-refractivity contribution is 7.97. The van der Waals surface area contributed by atoms with Gasteiger partial charge in [-0.15, -0.1) is 0 Å². The number of piperidine rings is 1. The van der Waals surface area contributed by atoms with Gasteiger partial charge in [0.15, 0.2) is 11.6 Å². The zero-order valence-corrected chi connectivity index (χ0v) is 21.2. The minimum atomic E-state index is -0.940. The van der Waals surface area contributed by atoms with Crippen molar-refractivity contribution in [1.29, 1.82) is 0 Å². The van der Waals surface area contributed by atoms with Gasteiger partial charge in [-0.3, -0.25) is 9.93 Å². The number of halogens is 2. The zero-order chi connectivity index (χ0) is 26.2. The molecule has 4 aromatic rings. The van der Waals surface area contributed by atoms with E-state index in [0.29, 0.717) is 5.03 Å². The third kappa shape index (κ3) is 6.75. The van der Waals surface area contributed by atoms with Crippen molar-refractivity contribution < 1.29 is 18.3 Å². The van der Waals surface area contributed by atoms with Gasteiger partial charge < -0.3 is 15.0 Å². The molecule has 1 atom stereocenters. The molecule has 9 heteroatoms. The number of fused-ring (bicyclic) bond motifs is 1. The molecular formula is C28H28F2N4O2S. The van der Waals surface area contributed by atoms with Crippen LogP contribution in [0, 0.1) is 17.6 Å². The van der Waals surface area contributed by atoms with Gasteiger partial charge in [-0.25, -0.2) is 9.37 Å². The van der Waals surface area contributed by atoms with E-state index in [0.717, 1.165) is 49.6 Å². The molecular weight excluding hydrogens is 494 g/mol. The first-order chi connectivity index (χ1) is 18.0. The topological polar surface area (TPSA) is 80.5 Å². The molecule has 0 saturated carbocycles. The largest absolute Gasteiger partial charge is 0.494 e. The molecule has 6 nitrogen and oxygen atoms in total. The summed E-state index contributed by atoms with van der Waals surface area (Å²) in [7, 11) is 1.29. The first-order valence-electron chi connectivity index (χ1n) is 11.8. The van der Waals surface area contributed by atoms with Crippen molar-refractivity contribution >= 4 is 40.0 Å². The number of nitrogens with one attached hydrogen (secondary N) is 1. The molecule has 1 amide bonds. The normalized spacial score (nSPS) is 15.0. The van der Waals surface area contributed by atoms with E-state index >= 15 is 0 Å².